The molecule has 0 aromatic carbocycles. The molecule has 0 fully saturated rings. The monoisotopic (exact) mass is 328 g/mol. The number of hydrogen-bond donors (Lipinski definition) is 3. The predicted molar refractivity (Wildman–Crippen MR) is 71.3 cm³/mol. The summed E-state index contributed by atoms with van der Waals surface area (Å²) in [4.78, 5) is 26.2. The molecule has 0 saturated heterocycles. The van der Waals surface area contributed by atoms with E-state index in [4.69, 9.17) is 5.84 Å². The van der Waals surface area contributed by atoms with Gasteiger partial charge in [0.2, 0.25) is 5.95 Å². The Labute approximate surface area is 115 Å². The van der Waals surface area contributed by atoms with Gasteiger partial charge in [-0.15, -0.1) is 0 Å². The number of nitrogen functional groups attached to an aromatic ring is 1. The van der Waals surface area contributed by atoms with E-state index in [0.29, 0.717) is 20.3 Å². The van der Waals surface area contributed by atoms with E-state index in [9.17, 15) is 4.79 Å². The molecule has 9 heteroatoms. The van der Waals surface area contributed by atoms with Gasteiger partial charge in [0.05, 0.1) is 4.47 Å². The maximum Gasteiger partial charge on any atom is 0.251 e. The number of nitrogens with zero attached hydrogens (tertiary/aromatic N) is 3. The summed E-state index contributed by atoms with van der Waals surface area (Å²) in [6.45, 7) is 1.75. The number of halogens is 1. The molecule has 94 valence electrons. The number of anilines is 1. The van der Waals surface area contributed by atoms with Gasteiger partial charge >= 0.3 is 0 Å². The molecule has 0 aliphatic rings. The van der Waals surface area contributed by atoms with Gasteiger partial charge in [-0.25, -0.2) is 20.8 Å². The van der Waals surface area contributed by atoms with Crippen LogP contribution in [0.1, 0.15) is 5.69 Å². The smallest absolute Gasteiger partial charge is 0.251 e. The lowest BCUT2D eigenvalue weighted by atomic mass is 10.5. The molecule has 0 saturated carbocycles. The molecule has 0 aliphatic carbocycles. The van der Waals surface area contributed by atoms with Crippen LogP contribution in [-0.2, 0) is 0 Å². The quantitative estimate of drug-likeness (QED) is 0.334. The normalized spacial score (nSPS) is 10.4. The first kappa shape index (κ1) is 13.0. The minimum Gasteiger partial charge on any atom is -0.301 e. The molecule has 4 N–H and O–H groups in total. The fourth-order valence-corrected chi connectivity index (χ4v) is 2.42. The maximum absolute atomic E-state index is 11.3. The summed E-state index contributed by atoms with van der Waals surface area (Å²) in [5.41, 5.74) is 2.80. The molecule has 0 amide bonds. The average Bonchev–Trinajstić information content (AvgIpc) is 2.30. The van der Waals surface area contributed by atoms with Crippen molar-refractivity contribution in [2.45, 2.75) is 17.1 Å². The van der Waals surface area contributed by atoms with Crippen LogP contribution in [0.2, 0.25) is 0 Å². The molecule has 2 aromatic rings. The first-order chi connectivity index (χ1) is 8.58. The number of nitrogens with one attached hydrogen (secondary N) is 2. The van der Waals surface area contributed by atoms with Crippen LogP contribution in [0.3, 0.4) is 0 Å². The van der Waals surface area contributed by atoms with Crippen molar-refractivity contribution >= 4 is 33.6 Å². The first-order valence-corrected chi connectivity index (χ1v) is 6.44. The third-order valence-electron chi connectivity index (χ3n) is 1.88. The fraction of sp³-hybridized carbons (Fsp3) is 0.111. The average molecular weight is 329 g/mol. The Morgan fingerprint density at radius 3 is 2.94 bits per heavy atom. The number of nitrogens with two attached hydrogens (primary N) is 1. The highest BCUT2D eigenvalue weighted by Gasteiger charge is 2.08. The van der Waals surface area contributed by atoms with Crippen molar-refractivity contribution in [2.75, 3.05) is 5.43 Å². The van der Waals surface area contributed by atoms with E-state index in [1.165, 1.54) is 17.8 Å². The number of aromatic amines is 1. The van der Waals surface area contributed by atoms with Gasteiger partial charge in [-0.2, -0.15) is 0 Å². The summed E-state index contributed by atoms with van der Waals surface area (Å²) < 4.78 is 0.690. The van der Waals surface area contributed by atoms with Gasteiger partial charge < -0.3 is 4.98 Å². The molecule has 7 nitrogen and oxygen atoms in total. The molecule has 0 unspecified atom stereocenters. The van der Waals surface area contributed by atoms with Gasteiger partial charge in [0.1, 0.15) is 5.03 Å². The summed E-state index contributed by atoms with van der Waals surface area (Å²) in [5, 5.41) is 1.06. The van der Waals surface area contributed by atoms with Gasteiger partial charge in [0, 0.05) is 18.0 Å². The van der Waals surface area contributed by atoms with Crippen LogP contribution in [0.25, 0.3) is 0 Å². The minimum absolute atomic E-state index is 0.202. The number of aromatic nitrogens is 4. The number of hydrazine groups is 1. The van der Waals surface area contributed by atoms with E-state index < -0.39 is 0 Å². The van der Waals surface area contributed by atoms with Crippen molar-refractivity contribution in [3.05, 3.63) is 32.8 Å². The first-order valence-electron chi connectivity index (χ1n) is 4.83. The molecular weight excluding hydrogens is 320 g/mol. The lowest BCUT2D eigenvalue weighted by molar-refractivity contribution is 0.898. The largest absolute Gasteiger partial charge is 0.301 e. The summed E-state index contributed by atoms with van der Waals surface area (Å²) >= 11 is 4.53. The Kier molecular flexibility index (Phi) is 3.94. The fourth-order valence-electron chi connectivity index (χ4n) is 1.18. The molecule has 0 aliphatic heterocycles. The molecule has 2 rings (SSSR count). The highest BCUT2D eigenvalue weighted by molar-refractivity contribution is 9.10. The van der Waals surface area contributed by atoms with Crippen molar-refractivity contribution in [3.63, 3.8) is 0 Å². The standard InChI is InChI=1S/C9H9BrN6OS/c1-4-2-6(17)14-9(13-4)18-7-5(10)3-12-8(15-7)16-11/h2-3H,11H2,1H3,(H,12,15,16)(H,13,14,17). The van der Waals surface area contributed by atoms with Crippen LogP contribution in [0.5, 0.6) is 0 Å². The van der Waals surface area contributed by atoms with Crippen molar-refractivity contribution in [1.82, 2.24) is 19.9 Å². The molecule has 18 heavy (non-hydrogen) atoms. The molecule has 0 spiro atoms. The van der Waals surface area contributed by atoms with Crippen LogP contribution in [0.4, 0.5) is 5.95 Å². The maximum atomic E-state index is 11.3. The Bertz CT molecular complexity index is 631. The number of aryl methyl sites for hydroxylation is 1. The zero-order valence-corrected chi connectivity index (χ0v) is 11.7. The van der Waals surface area contributed by atoms with Crippen LogP contribution in [0, 0.1) is 6.92 Å². The predicted octanol–water partition coefficient (Wildman–Crippen LogP) is 1.07. The second-order valence-electron chi connectivity index (χ2n) is 3.29. The summed E-state index contributed by atoms with van der Waals surface area (Å²) in [7, 11) is 0. The molecule has 0 atom stereocenters. The van der Waals surface area contributed by atoms with E-state index in [1.54, 1.807) is 13.1 Å². The third-order valence-corrected chi connectivity index (χ3v) is 3.62. The topological polar surface area (TPSA) is 110 Å². The number of hydrogen-bond acceptors (Lipinski definition) is 7. The van der Waals surface area contributed by atoms with Gasteiger partial charge in [0.15, 0.2) is 5.16 Å². The second-order valence-corrected chi connectivity index (χ2v) is 5.12. The highest BCUT2D eigenvalue weighted by Crippen LogP contribution is 2.29. The van der Waals surface area contributed by atoms with Crippen molar-refractivity contribution in [1.29, 1.82) is 0 Å². The molecule has 0 radical (unpaired) electrons. The van der Waals surface area contributed by atoms with Crippen LogP contribution in [0.15, 0.2) is 31.7 Å². The van der Waals surface area contributed by atoms with E-state index in [0.717, 1.165) is 0 Å². The Morgan fingerprint density at radius 1 is 1.50 bits per heavy atom. The Morgan fingerprint density at radius 2 is 2.28 bits per heavy atom. The number of rotatable bonds is 3. The SMILES string of the molecule is Cc1cc(=O)[nH]c(Sc2nc(NN)ncc2Br)n1. The Balaban J connectivity index is 2.36. The van der Waals surface area contributed by atoms with Gasteiger partial charge in [-0.1, -0.05) is 0 Å². The molecule has 0 bridgehead atoms. The Hall–Kier alpha value is -1.45. The zero-order chi connectivity index (χ0) is 13.1. The lowest BCUT2D eigenvalue weighted by Gasteiger charge is -2.04. The van der Waals surface area contributed by atoms with Gasteiger partial charge in [-0.3, -0.25) is 10.2 Å². The van der Waals surface area contributed by atoms with Gasteiger partial charge in [0.25, 0.3) is 5.56 Å². The molecule has 2 aromatic heterocycles. The van der Waals surface area contributed by atoms with E-state index in [-0.39, 0.29) is 11.5 Å². The number of H-pyrrole nitrogens is 1. The van der Waals surface area contributed by atoms with Crippen LogP contribution >= 0.6 is 27.7 Å². The highest BCUT2D eigenvalue weighted by atomic mass is 79.9. The summed E-state index contributed by atoms with van der Waals surface area (Å²) in [5.74, 6) is 5.53. The third kappa shape index (κ3) is 3.06. The van der Waals surface area contributed by atoms with E-state index in [2.05, 4.69) is 41.3 Å². The molecular formula is C9H9BrN6OS. The summed E-state index contributed by atoms with van der Waals surface area (Å²) in [6, 6.07) is 1.42. The van der Waals surface area contributed by atoms with Crippen molar-refractivity contribution in [2.24, 2.45) is 5.84 Å². The minimum atomic E-state index is -0.202. The van der Waals surface area contributed by atoms with Crippen LogP contribution < -0.4 is 16.8 Å². The van der Waals surface area contributed by atoms with Crippen molar-refractivity contribution < 1.29 is 0 Å². The van der Waals surface area contributed by atoms with Crippen LogP contribution in [-0.4, -0.2) is 19.9 Å². The van der Waals surface area contributed by atoms with E-state index >= 15 is 0 Å². The summed E-state index contributed by atoms with van der Waals surface area (Å²) in [6.07, 6.45) is 1.57. The van der Waals surface area contributed by atoms with Crippen molar-refractivity contribution in [3.8, 4) is 0 Å². The zero-order valence-electron chi connectivity index (χ0n) is 9.27. The lowest BCUT2D eigenvalue weighted by Crippen LogP contribution is -2.11. The van der Waals surface area contributed by atoms with Gasteiger partial charge in [-0.05, 0) is 34.6 Å². The molecule has 2 heterocycles. The van der Waals surface area contributed by atoms with E-state index in [1.807, 2.05) is 0 Å². The second kappa shape index (κ2) is 5.46.